The van der Waals surface area contributed by atoms with Gasteiger partial charge in [-0.3, -0.25) is 9.59 Å². The highest BCUT2D eigenvalue weighted by atomic mass is 16.4. The normalized spacial score (nSPS) is 28.4. The first-order valence-corrected chi connectivity index (χ1v) is 6.46. The van der Waals surface area contributed by atoms with Gasteiger partial charge < -0.3 is 10.4 Å². The molecule has 1 aliphatic carbocycles. The third-order valence-electron chi connectivity index (χ3n) is 3.58. The average Bonchev–Trinajstić information content (AvgIpc) is 2.69. The number of amides is 1. The van der Waals surface area contributed by atoms with Crippen molar-refractivity contribution < 1.29 is 14.7 Å². The van der Waals surface area contributed by atoms with Crippen LogP contribution in [-0.2, 0) is 9.59 Å². The van der Waals surface area contributed by atoms with E-state index in [1.165, 1.54) is 0 Å². The number of carbonyl (C=O) groups is 2. The van der Waals surface area contributed by atoms with Gasteiger partial charge in [-0.2, -0.15) is 0 Å². The summed E-state index contributed by atoms with van der Waals surface area (Å²) in [5.74, 6) is -0.965. The number of rotatable bonds is 5. The van der Waals surface area contributed by atoms with Crippen LogP contribution in [0, 0.1) is 23.7 Å². The summed E-state index contributed by atoms with van der Waals surface area (Å²) in [4.78, 5) is 23.1. The molecular formula is C13H23NO3. The molecule has 0 aromatic rings. The molecule has 0 heterocycles. The lowest BCUT2D eigenvalue weighted by molar-refractivity contribution is -0.146. The minimum atomic E-state index is -0.828. The van der Waals surface area contributed by atoms with Crippen molar-refractivity contribution in [3.05, 3.63) is 0 Å². The third-order valence-corrected chi connectivity index (χ3v) is 3.58. The lowest BCUT2D eigenvalue weighted by atomic mass is 9.95. The van der Waals surface area contributed by atoms with Gasteiger partial charge in [0.15, 0.2) is 0 Å². The van der Waals surface area contributed by atoms with Crippen LogP contribution in [0.4, 0.5) is 0 Å². The predicted molar refractivity (Wildman–Crippen MR) is 65.5 cm³/mol. The van der Waals surface area contributed by atoms with Crippen LogP contribution in [0.1, 0.15) is 40.0 Å². The Morgan fingerprint density at radius 2 is 1.88 bits per heavy atom. The highest BCUT2D eigenvalue weighted by molar-refractivity contribution is 5.85. The molecule has 17 heavy (non-hydrogen) atoms. The molecule has 0 aliphatic heterocycles. The molecule has 1 fully saturated rings. The molecule has 3 atom stereocenters. The van der Waals surface area contributed by atoms with Gasteiger partial charge >= 0.3 is 5.97 Å². The number of aliphatic carboxylic acids is 1. The highest BCUT2D eigenvalue weighted by Gasteiger charge is 2.41. The largest absolute Gasteiger partial charge is 0.481 e. The molecule has 0 aromatic carbocycles. The molecule has 1 saturated carbocycles. The first-order chi connectivity index (χ1) is 7.95. The molecule has 0 radical (unpaired) electrons. The van der Waals surface area contributed by atoms with Crippen molar-refractivity contribution in [2.45, 2.75) is 40.0 Å². The Hall–Kier alpha value is -1.06. The summed E-state index contributed by atoms with van der Waals surface area (Å²) in [7, 11) is 0. The number of hydrogen-bond acceptors (Lipinski definition) is 2. The summed E-state index contributed by atoms with van der Waals surface area (Å²) >= 11 is 0. The Labute approximate surface area is 103 Å². The highest BCUT2D eigenvalue weighted by Crippen LogP contribution is 2.38. The van der Waals surface area contributed by atoms with Crippen molar-refractivity contribution in [2.24, 2.45) is 23.7 Å². The molecular weight excluding hydrogens is 218 g/mol. The minimum Gasteiger partial charge on any atom is -0.481 e. The summed E-state index contributed by atoms with van der Waals surface area (Å²) in [6.45, 7) is 6.73. The second kappa shape index (κ2) is 6.03. The summed E-state index contributed by atoms with van der Waals surface area (Å²) in [5.41, 5.74) is 0. The van der Waals surface area contributed by atoms with Gasteiger partial charge in [0, 0.05) is 6.54 Å². The molecule has 4 heteroatoms. The Bertz CT molecular complexity index is 288. The van der Waals surface area contributed by atoms with E-state index in [2.05, 4.69) is 12.2 Å². The van der Waals surface area contributed by atoms with Crippen molar-refractivity contribution in [3.63, 3.8) is 0 Å². The topological polar surface area (TPSA) is 66.4 Å². The molecule has 0 spiro atoms. The van der Waals surface area contributed by atoms with Crippen LogP contribution in [-0.4, -0.2) is 23.5 Å². The van der Waals surface area contributed by atoms with Crippen LogP contribution < -0.4 is 5.32 Å². The second-order valence-electron chi connectivity index (χ2n) is 5.44. The fraction of sp³-hybridized carbons (Fsp3) is 0.846. The number of hydrogen-bond donors (Lipinski definition) is 2. The first-order valence-electron chi connectivity index (χ1n) is 6.46. The van der Waals surface area contributed by atoms with Crippen LogP contribution in [0.3, 0.4) is 0 Å². The van der Waals surface area contributed by atoms with Gasteiger partial charge in [-0.1, -0.05) is 27.2 Å². The van der Waals surface area contributed by atoms with Crippen LogP contribution in [0.15, 0.2) is 0 Å². The average molecular weight is 241 g/mol. The lowest BCUT2D eigenvalue weighted by Crippen LogP contribution is -2.37. The molecule has 1 amide bonds. The summed E-state index contributed by atoms with van der Waals surface area (Å²) in [5, 5.41) is 12.0. The van der Waals surface area contributed by atoms with Gasteiger partial charge in [-0.25, -0.2) is 0 Å². The standard InChI is InChI=1S/C13H23NO3/c1-4-9-5-10(11(6-9)13(16)17)12(15)14-7-8(2)3/h8-11H,4-7H2,1-3H3,(H,14,15)(H,16,17)/t9?,10-,11+/m0/s1. The maximum absolute atomic E-state index is 12.0. The third kappa shape index (κ3) is 3.72. The molecule has 2 N–H and O–H groups in total. The molecule has 1 unspecified atom stereocenters. The Kier molecular flexibility index (Phi) is 4.97. The zero-order valence-electron chi connectivity index (χ0n) is 10.9. The molecule has 0 saturated heterocycles. The smallest absolute Gasteiger partial charge is 0.307 e. The summed E-state index contributed by atoms with van der Waals surface area (Å²) in [6, 6.07) is 0. The van der Waals surface area contributed by atoms with Gasteiger partial charge in [0.1, 0.15) is 0 Å². The molecule has 1 rings (SSSR count). The number of carbonyl (C=O) groups excluding carboxylic acids is 1. The number of carboxylic acids is 1. The fourth-order valence-corrected chi connectivity index (χ4v) is 2.47. The van der Waals surface area contributed by atoms with Gasteiger partial charge in [0.25, 0.3) is 0 Å². The van der Waals surface area contributed by atoms with Crippen molar-refractivity contribution in [3.8, 4) is 0 Å². The zero-order valence-corrected chi connectivity index (χ0v) is 10.9. The van der Waals surface area contributed by atoms with Crippen LogP contribution in [0.25, 0.3) is 0 Å². The molecule has 0 bridgehead atoms. The van der Waals surface area contributed by atoms with Crippen molar-refractivity contribution in [1.29, 1.82) is 0 Å². The van der Waals surface area contributed by atoms with Gasteiger partial charge in [0.2, 0.25) is 5.91 Å². The van der Waals surface area contributed by atoms with Gasteiger partial charge in [-0.05, 0) is 24.7 Å². The quantitative estimate of drug-likeness (QED) is 0.772. The lowest BCUT2D eigenvalue weighted by Gasteiger charge is -2.16. The Balaban J connectivity index is 2.60. The molecule has 0 aromatic heterocycles. The van der Waals surface area contributed by atoms with Crippen LogP contribution >= 0.6 is 0 Å². The first kappa shape index (κ1) is 14.0. The Morgan fingerprint density at radius 3 is 2.35 bits per heavy atom. The summed E-state index contributed by atoms with van der Waals surface area (Å²) in [6.07, 6.45) is 2.32. The molecule has 98 valence electrons. The monoisotopic (exact) mass is 241 g/mol. The summed E-state index contributed by atoms with van der Waals surface area (Å²) < 4.78 is 0. The van der Waals surface area contributed by atoms with E-state index in [1.54, 1.807) is 0 Å². The van der Waals surface area contributed by atoms with Gasteiger partial charge in [0.05, 0.1) is 11.8 Å². The van der Waals surface area contributed by atoms with Crippen molar-refractivity contribution >= 4 is 11.9 Å². The molecule has 1 aliphatic rings. The van der Waals surface area contributed by atoms with E-state index < -0.39 is 11.9 Å². The van der Waals surface area contributed by atoms with Crippen molar-refractivity contribution in [1.82, 2.24) is 5.32 Å². The van der Waals surface area contributed by atoms with E-state index in [0.29, 0.717) is 24.8 Å². The van der Waals surface area contributed by atoms with E-state index in [-0.39, 0.29) is 11.8 Å². The molecule has 4 nitrogen and oxygen atoms in total. The van der Waals surface area contributed by atoms with E-state index >= 15 is 0 Å². The second-order valence-corrected chi connectivity index (χ2v) is 5.44. The van der Waals surface area contributed by atoms with Crippen LogP contribution in [0.2, 0.25) is 0 Å². The Morgan fingerprint density at radius 1 is 1.29 bits per heavy atom. The minimum absolute atomic E-state index is 0.0814. The van der Waals surface area contributed by atoms with E-state index in [4.69, 9.17) is 5.11 Å². The fourth-order valence-electron chi connectivity index (χ4n) is 2.47. The SMILES string of the molecule is CCC1C[C@H](C(=O)NCC(C)C)[C@H](C(=O)O)C1. The van der Waals surface area contributed by atoms with Gasteiger partial charge in [-0.15, -0.1) is 0 Å². The van der Waals surface area contributed by atoms with Crippen molar-refractivity contribution in [2.75, 3.05) is 6.54 Å². The maximum Gasteiger partial charge on any atom is 0.307 e. The zero-order chi connectivity index (χ0) is 13.0. The number of nitrogens with one attached hydrogen (secondary N) is 1. The maximum atomic E-state index is 12.0. The van der Waals surface area contributed by atoms with E-state index in [1.807, 2.05) is 13.8 Å². The van der Waals surface area contributed by atoms with E-state index in [0.717, 1.165) is 12.8 Å². The van der Waals surface area contributed by atoms with Crippen LogP contribution in [0.5, 0.6) is 0 Å². The number of carboxylic acid groups (broad SMARTS) is 1. The predicted octanol–water partition coefficient (Wildman–Crippen LogP) is 1.90. The van der Waals surface area contributed by atoms with E-state index in [9.17, 15) is 9.59 Å².